The Kier molecular flexibility index (Phi) is 8.65. The number of rotatable bonds is 9. The van der Waals surface area contributed by atoms with Gasteiger partial charge in [-0.15, -0.1) is 0 Å². The summed E-state index contributed by atoms with van der Waals surface area (Å²) >= 11 is 0. The molecule has 0 unspecified atom stereocenters. The van der Waals surface area contributed by atoms with Gasteiger partial charge in [-0.05, 0) is 49.1 Å². The molecule has 0 radical (unpaired) electrons. The Morgan fingerprint density at radius 3 is 2.21 bits per heavy atom. The van der Waals surface area contributed by atoms with E-state index >= 15 is 0 Å². The summed E-state index contributed by atoms with van der Waals surface area (Å²) in [6.45, 7) is 7.86. The van der Waals surface area contributed by atoms with E-state index in [-0.39, 0.29) is 5.92 Å². The molecule has 1 amide bonds. The van der Waals surface area contributed by atoms with E-state index < -0.39 is 35.2 Å². The van der Waals surface area contributed by atoms with Crippen molar-refractivity contribution in [2.45, 2.75) is 71.9 Å². The summed E-state index contributed by atoms with van der Waals surface area (Å²) in [5.74, 6) is -1.42. The third-order valence-corrected chi connectivity index (χ3v) is 7.23. The van der Waals surface area contributed by atoms with Gasteiger partial charge >= 0.3 is 5.97 Å². The predicted octanol–water partition coefficient (Wildman–Crippen LogP) is 5.54. The van der Waals surface area contributed by atoms with Crippen LogP contribution < -0.4 is 0 Å². The number of ether oxygens (including phenoxy) is 1. The van der Waals surface area contributed by atoms with Gasteiger partial charge in [0.2, 0.25) is 5.78 Å². The second-order valence-electron chi connectivity index (χ2n) is 10.1. The molecule has 1 fully saturated rings. The van der Waals surface area contributed by atoms with Crippen LogP contribution in [0.3, 0.4) is 0 Å². The van der Waals surface area contributed by atoms with Crippen LogP contribution in [0.25, 0.3) is 0 Å². The summed E-state index contributed by atoms with van der Waals surface area (Å²) < 4.78 is 6.05. The van der Waals surface area contributed by atoms with Gasteiger partial charge in [-0.1, -0.05) is 88.4 Å². The molecule has 5 heteroatoms. The molecule has 1 saturated heterocycles. The zero-order valence-corrected chi connectivity index (χ0v) is 20.8. The Morgan fingerprint density at radius 1 is 0.971 bits per heavy atom. The molecule has 5 nitrogen and oxygen atoms in total. The zero-order valence-electron chi connectivity index (χ0n) is 20.8. The maximum atomic E-state index is 13.4. The zero-order chi connectivity index (χ0) is 24.7. The second-order valence-corrected chi connectivity index (χ2v) is 10.1. The highest BCUT2D eigenvalue weighted by Crippen LogP contribution is 2.31. The number of carbonyl (C=O) groups excluding carboxylic acids is 3. The van der Waals surface area contributed by atoms with Crippen molar-refractivity contribution in [1.82, 2.24) is 4.90 Å². The number of hydrogen-bond donors (Lipinski definition) is 0. The van der Waals surface area contributed by atoms with E-state index in [1.807, 2.05) is 62.4 Å². The smallest absolute Gasteiger partial charge is 0.329 e. The van der Waals surface area contributed by atoms with Crippen LogP contribution in [0.2, 0.25) is 0 Å². The molecule has 34 heavy (non-hydrogen) atoms. The van der Waals surface area contributed by atoms with Crippen molar-refractivity contribution in [2.75, 3.05) is 6.54 Å². The Balaban J connectivity index is 1.77. The Bertz CT molecular complexity index is 968. The van der Waals surface area contributed by atoms with Crippen LogP contribution in [0.4, 0.5) is 0 Å². The number of aryl methyl sites for hydroxylation is 1. The van der Waals surface area contributed by atoms with Gasteiger partial charge in [-0.3, -0.25) is 9.59 Å². The Hall–Kier alpha value is -2.95. The number of Topliss-reactive ketones (excluding diaryl/α,β-unsaturated/α-hetero) is 1. The molecule has 1 aliphatic rings. The number of ketones is 1. The molecule has 0 aromatic heterocycles. The van der Waals surface area contributed by atoms with Crippen molar-refractivity contribution in [2.24, 2.45) is 11.3 Å². The maximum Gasteiger partial charge on any atom is 0.329 e. The highest BCUT2D eigenvalue weighted by Gasteiger charge is 2.42. The number of nitrogens with zero attached hydrogens (tertiary/aromatic N) is 1. The van der Waals surface area contributed by atoms with Crippen molar-refractivity contribution >= 4 is 17.7 Å². The SMILES string of the molecule is CC(C)C(C)(C)C(=O)C(=O)N1CCCC[C@H]1C(=O)O[C@H](CCc1ccccc1)c1ccccc1. The molecule has 0 saturated carbocycles. The molecule has 3 rings (SSSR count). The van der Waals surface area contributed by atoms with Crippen LogP contribution in [0, 0.1) is 11.3 Å². The average Bonchev–Trinajstić information content (AvgIpc) is 2.86. The number of hydrogen-bond acceptors (Lipinski definition) is 4. The Labute approximate surface area is 203 Å². The fourth-order valence-electron chi connectivity index (χ4n) is 4.21. The van der Waals surface area contributed by atoms with Crippen LogP contribution in [0.5, 0.6) is 0 Å². The average molecular weight is 464 g/mol. The first kappa shape index (κ1) is 25.7. The summed E-state index contributed by atoms with van der Waals surface area (Å²) in [6, 6.07) is 19.1. The van der Waals surface area contributed by atoms with E-state index in [0.29, 0.717) is 19.4 Å². The molecule has 2 aromatic carbocycles. The lowest BCUT2D eigenvalue weighted by Gasteiger charge is -2.37. The summed E-state index contributed by atoms with van der Waals surface area (Å²) in [6.07, 6.45) is 3.10. The van der Waals surface area contributed by atoms with Gasteiger partial charge < -0.3 is 9.64 Å². The lowest BCUT2D eigenvalue weighted by Crippen LogP contribution is -2.53. The van der Waals surface area contributed by atoms with Crippen molar-refractivity contribution < 1.29 is 19.1 Å². The summed E-state index contributed by atoms with van der Waals surface area (Å²) in [5.41, 5.74) is 1.32. The van der Waals surface area contributed by atoms with Gasteiger partial charge in [0, 0.05) is 12.0 Å². The van der Waals surface area contributed by atoms with Crippen LogP contribution in [-0.4, -0.2) is 35.1 Å². The lowest BCUT2D eigenvalue weighted by molar-refractivity contribution is -0.165. The third kappa shape index (κ3) is 6.13. The largest absolute Gasteiger partial charge is 0.456 e. The summed E-state index contributed by atoms with van der Waals surface area (Å²) in [4.78, 5) is 41.1. The topological polar surface area (TPSA) is 63.7 Å². The van der Waals surface area contributed by atoms with Gasteiger partial charge in [-0.25, -0.2) is 4.79 Å². The van der Waals surface area contributed by atoms with Crippen molar-refractivity contribution in [3.63, 3.8) is 0 Å². The van der Waals surface area contributed by atoms with Gasteiger partial charge in [0.15, 0.2) is 0 Å². The molecule has 2 atom stereocenters. The third-order valence-electron chi connectivity index (χ3n) is 7.23. The number of amides is 1. The van der Waals surface area contributed by atoms with Gasteiger partial charge in [0.25, 0.3) is 5.91 Å². The fourth-order valence-corrected chi connectivity index (χ4v) is 4.21. The molecular weight excluding hydrogens is 426 g/mol. The lowest BCUT2D eigenvalue weighted by atomic mass is 9.76. The molecule has 1 aliphatic heterocycles. The second kappa shape index (κ2) is 11.5. The standard InChI is InChI=1S/C29H37NO4/c1-21(2)29(3,4)26(31)27(32)30-20-12-11-17-24(30)28(33)34-25(23-15-9-6-10-16-23)19-18-22-13-7-5-8-14-22/h5-10,13-16,21,24-25H,11-12,17-20H2,1-4H3/t24-,25+/m0/s1. The number of esters is 1. The number of carbonyl (C=O) groups is 3. The monoisotopic (exact) mass is 463 g/mol. The van der Waals surface area contributed by atoms with Gasteiger partial charge in [-0.2, -0.15) is 0 Å². The molecular formula is C29H37NO4. The summed E-state index contributed by atoms with van der Waals surface area (Å²) in [5, 5.41) is 0. The number of piperidine rings is 1. The van der Waals surface area contributed by atoms with E-state index in [9.17, 15) is 14.4 Å². The number of likely N-dealkylation sites (tertiary alicyclic amines) is 1. The predicted molar refractivity (Wildman–Crippen MR) is 133 cm³/mol. The van der Waals surface area contributed by atoms with E-state index in [4.69, 9.17) is 4.74 Å². The molecule has 0 aliphatic carbocycles. The maximum absolute atomic E-state index is 13.4. The molecule has 0 bridgehead atoms. The quantitative estimate of drug-likeness (QED) is 0.362. The van der Waals surface area contributed by atoms with E-state index in [0.717, 1.165) is 24.8 Å². The highest BCUT2D eigenvalue weighted by molar-refractivity contribution is 6.38. The molecule has 182 valence electrons. The Morgan fingerprint density at radius 2 is 1.59 bits per heavy atom. The summed E-state index contributed by atoms with van der Waals surface area (Å²) in [7, 11) is 0. The van der Waals surface area contributed by atoms with Crippen LogP contribution >= 0.6 is 0 Å². The normalized spacial score (nSPS) is 17.3. The minimum absolute atomic E-state index is 0.0135. The van der Waals surface area contributed by atoms with E-state index in [2.05, 4.69) is 12.1 Å². The first-order valence-electron chi connectivity index (χ1n) is 12.4. The van der Waals surface area contributed by atoms with Crippen molar-refractivity contribution in [3.8, 4) is 0 Å². The van der Waals surface area contributed by atoms with Crippen LogP contribution in [-0.2, 0) is 25.5 Å². The first-order chi connectivity index (χ1) is 16.2. The van der Waals surface area contributed by atoms with Gasteiger partial charge in [0.1, 0.15) is 12.1 Å². The molecule has 2 aromatic rings. The minimum Gasteiger partial charge on any atom is -0.456 e. The highest BCUT2D eigenvalue weighted by atomic mass is 16.5. The number of benzene rings is 2. The van der Waals surface area contributed by atoms with E-state index in [1.165, 1.54) is 10.5 Å². The van der Waals surface area contributed by atoms with Crippen LogP contribution in [0.15, 0.2) is 60.7 Å². The minimum atomic E-state index is -0.786. The van der Waals surface area contributed by atoms with E-state index in [1.54, 1.807) is 13.8 Å². The molecule has 0 N–H and O–H groups in total. The molecule has 1 heterocycles. The first-order valence-corrected chi connectivity index (χ1v) is 12.4. The molecule has 0 spiro atoms. The van der Waals surface area contributed by atoms with Crippen LogP contribution in [0.1, 0.15) is 70.6 Å². The van der Waals surface area contributed by atoms with Crippen molar-refractivity contribution in [3.05, 3.63) is 71.8 Å². The van der Waals surface area contributed by atoms with Gasteiger partial charge in [0.05, 0.1) is 0 Å². The fraction of sp³-hybridized carbons (Fsp3) is 0.483. The van der Waals surface area contributed by atoms with Crippen molar-refractivity contribution in [1.29, 1.82) is 0 Å².